The SMILES string of the molecule is CCCCCCCC[C@H]1CC[C@H](OCc2ccccc2)[C@@H]1CCCCC(O[Si](C)(C)C(C)(C)C)C(=O)C(=O)O. The second-order valence-electron chi connectivity index (χ2n) is 13.2. The van der Waals surface area contributed by atoms with E-state index >= 15 is 0 Å². The standard InChI is InChI=1S/C33H56O5Si/c1-7-8-9-10-11-15-20-27-23-24-29(37-25-26-18-13-12-14-19-26)28(27)21-16-17-22-30(31(34)32(35)36)38-39(5,6)33(2,3)4/h12-14,18-19,27-30H,7-11,15-17,20-25H2,1-6H3,(H,35,36)/t27-,28+,29-,30?/m0/s1. The van der Waals surface area contributed by atoms with Crippen molar-refractivity contribution in [2.24, 2.45) is 11.8 Å². The molecule has 0 bridgehead atoms. The topological polar surface area (TPSA) is 72.8 Å². The molecule has 0 aromatic heterocycles. The lowest BCUT2D eigenvalue weighted by Crippen LogP contribution is -2.47. The Kier molecular flexibility index (Phi) is 14.4. The summed E-state index contributed by atoms with van der Waals surface area (Å²) in [5.41, 5.74) is 1.22. The minimum absolute atomic E-state index is 0.0824. The Morgan fingerprint density at radius 2 is 1.59 bits per heavy atom. The third kappa shape index (κ3) is 11.5. The number of hydrogen-bond acceptors (Lipinski definition) is 4. The van der Waals surface area contributed by atoms with E-state index in [4.69, 9.17) is 9.16 Å². The number of benzene rings is 1. The fraction of sp³-hybridized carbons (Fsp3) is 0.758. The average Bonchev–Trinajstić information content (AvgIpc) is 3.27. The van der Waals surface area contributed by atoms with E-state index in [0.29, 0.717) is 24.9 Å². The third-order valence-corrected chi connectivity index (χ3v) is 13.6. The van der Waals surface area contributed by atoms with Crippen molar-refractivity contribution in [3.05, 3.63) is 35.9 Å². The van der Waals surface area contributed by atoms with E-state index in [-0.39, 0.29) is 11.1 Å². The minimum atomic E-state index is -2.26. The van der Waals surface area contributed by atoms with Gasteiger partial charge < -0.3 is 14.3 Å². The van der Waals surface area contributed by atoms with Crippen molar-refractivity contribution in [1.29, 1.82) is 0 Å². The second kappa shape index (κ2) is 16.7. The molecule has 0 saturated heterocycles. The molecule has 39 heavy (non-hydrogen) atoms. The van der Waals surface area contributed by atoms with Crippen LogP contribution < -0.4 is 0 Å². The van der Waals surface area contributed by atoms with Crippen molar-refractivity contribution >= 4 is 20.1 Å². The molecule has 1 aliphatic carbocycles. The highest BCUT2D eigenvalue weighted by atomic mass is 28.4. The highest BCUT2D eigenvalue weighted by Crippen LogP contribution is 2.41. The molecule has 1 fully saturated rings. The molecule has 4 atom stereocenters. The molecule has 0 amide bonds. The maximum absolute atomic E-state index is 12.5. The van der Waals surface area contributed by atoms with Crippen LogP contribution in [0.15, 0.2) is 30.3 Å². The van der Waals surface area contributed by atoms with Gasteiger partial charge in [0.15, 0.2) is 8.32 Å². The molecule has 5 nitrogen and oxygen atoms in total. The van der Waals surface area contributed by atoms with Gasteiger partial charge in [-0.2, -0.15) is 0 Å². The summed E-state index contributed by atoms with van der Waals surface area (Å²) < 4.78 is 12.8. The van der Waals surface area contributed by atoms with Crippen molar-refractivity contribution < 1.29 is 23.9 Å². The van der Waals surface area contributed by atoms with Gasteiger partial charge in [0, 0.05) is 0 Å². The molecule has 0 aliphatic heterocycles. The van der Waals surface area contributed by atoms with Crippen LogP contribution in [0.2, 0.25) is 18.1 Å². The predicted molar refractivity (Wildman–Crippen MR) is 162 cm³/mol. The van der Waals surface area contributed by atoms with Gasteiger partial charge in [-0.25, -0.2) is 4.79 Å². The van der Waals surface area contributed by atoms with Gasteiger partial charge in [-0.1, -0.05) is 116 Å². The van der Waals surface area contributed by atoms with Crippen molar-refractivity contribution in [3.63, 3.8) is 0 Å². The first-order chi connectivity index (χ1) is 18.5. The molecule has 1 aromatic rings. The molecule has 0 radical (unpaired) electrons. The lowest BCUT2D eigenvalue weighted by atomic mass is 9.85. The number of ketones is 1. The summed E-state index contributed by atoms with van der Waals surface area (Å²) in [5.74, 6) is -0.968. The lowest BCUT2D eigenvalue weighted by Gasteiger charge is -2.38. The van der Waals surface area contributed by atoms with E-state index < -0.39 is 26.2 Å². The van der Waals surface area contributed by atoms with Crippen LogP contribution in [0.4, 0.5) is 0 Å². The largest absolute Gasteiger partial charge is 0.475 e. The number of carbonyl (C=O) groups excluding carboxylic acids is 1. The van der Waals surface area contributed by atoms with E-state index in [9.17, 15) is 14.7 Å². The van der Waals surface area contributed by atoms with Gasteiger partial charge >= 0.3 is 5.97 Å². The van der Waals surface area contributed by atoms with Gasteiger partial charge in [-0.3, -0.25) is 4.79 Å². The van der Waals surface area contributed by atoms with Crippen molar-refractivity contribution in [1.82, 2.24) is 0 Å². The predicted octanol–water partition coefficient (Wildman–Crippen LogP) is 8.95. The number of carboxylic acids is 1. The normalized spacial score (nSPS) is 20.7. The number of hydrogen-bond donors (Lipinski definition) is 1. The van der Waals surface area contributed by atoms with Crippen LogP contribution in [-0.4, -0.2) is 37.4 Å². The van der Waals surface area contributed by atoms with E-state index in [1.165, 1.54) is 56.9 Å². The first-order valence-corrected chi connectivity index (χ1v) is 18.5. The maximum Gasteiger partial charge on any atom is 0.374 e. The van der Waals surface area contributed by atoms with E-state index in [1.54, 1.807) is 0 Å². The number of aliphatic carboxylic acids is 1. The number of carbonyl (C=O) groups is 2. The summed E-state index contributed by atoms with van der Waals surface area (Å²) in [5, 5.41) is 9.34. The van der Waals surface area contributed by atoms with Gasteiger partial charge in [-0.15, -0.1) is 0 Å². The molecule has 0 heterocycles. The van der Waals surface area contributed by atoms with Gasteiger partial charge in [0.25, 0.3) is 5.78 Å². The fourth-order valence-electron chi connectivity index (χ4n) is 5.68. The van der Waals surface area contributed by atoms with E-state index in [0.717, 1.165) is 25.7 Å². The molecule has 222 valence electrons. The van der Waals surface area contributed by atoms with Crippen LogP contribution >= 0.6 is 0 Å². The van der Waals surface area contributed by atoms with Crippen LogP contribution in [0.3, 0.4) is 0 Å². The number of Topliss-reactive ketones (excluding diaryl/α,β-unsaturated/α-hetero) is 1. The first-order valence-electron chi connectivity index (χ1n) is 15.6. The van der Waals surface area contributed by atoms with Crippen LogP contribution in [-0.2, 0) is 25.4 Å². The molecule has 1 aliphatic rings. The average molecular weight is 561 g/mol. The van der Waals surface area contributed by atoms with Gasteiger partial charge in [0.05, 0.1) is 12.7 Å². The Balaban J connectivity index is 1.96. The van der Waals surface area contributed by atoms with E-state index in [2.05, 4.69) is 65.1 Å². The molecule has 1 N–H and O–H groups in total. The zero-order valence-corrected chi connectivity index (χ0v) is 26.7. The zero-order valence-electron chi connectivity index (χ0n) is 25.7. The Bertz CT molecular complexity index is 847. The third-order valence-electron chi connectivity index (χ3n) is 9.14. The molecular weight excluding hydrogens is 504 g/mol. The van der Waals surface area contributed by atoms with E-state index in [1.807, 2.05) is 6.07 Å². The number of ether oxygens (including phenoxy) is 1. The fourth-order valence-corrected chi connectivity index (χ4v) is 6.97. The smallest absolute Gasteiger partial charge is 0.374 e. The summed E-state index contributed by atoms with van der Waals surface area (Å²) in [7, 11) is -2.26. The van der Waals surface area contributed by atoms with Crippen molar-refractivity contribution in [2.45, 2.75) is 148 Å². The van der Waals surface area contributed by atoms with Crippen molar-refractivity contribution in [3.8, 4) is 0 Å². The molecular formula is C33H56O5Si. The lowest BCUT2D eigenvalue weighted by molar-refractivity contribution is -0.152. The van der Waals surface area contributed by atoms with Crippen LogP contribution in [0.1, 0.15) is 117 Å². The molecule has 1 saturated carbocycles. The Morgan fingerprint density at radius 1 is 0.949 bits per heavy atom. The van der Waals surface area contributed by atoms with Gasteiger partial charge in [0.2, 0.25) is 0 Å². The summed E-state index contributed by atoms with van der Waals surface area (Å²) in [6, 6.07) is 10.4. The van der Waals surface area contributed by atoms with Gasteiger partial charge in [-0.05, 0) is 61.2 Å². The number of unbranched alkanes of at least 4 members (excludes halogenated alkanes) is 6. The number of carboxylic acid groups (broad SMARTS) is 1. The van der Waals surface area contributed by atoms with Crippen LogP contribution in [0.25, 0.3) is 0 Å². The molecule has 6 heteroatoms. The summed E-state index contributed by atoms with van der Waals surface area (Å²) >= 11 is 0. The van der Waals surface area contributed by atoms with Crippen molar-refractivity contribution in [2.75, 3.05) is 0 Å². The monoisotopic (exact) mass is 560 g/mol. The van der Waals surface area contributed by atoms with Crippen LogP contribution in [0.5, 0.6) is 0 Å². The summed E-state index contributed by atoms with van der Waals surface area (Å²) in [6.07, 6.45) is 14.3. The molecule has 2 rings (SSSR count). The number of rotatable bonds is 19. The highest BCUT2D eigenvalue weighted by molar-refractivity contribution is 6.74. The Hall–Kier alpha value is -1.50. The van der Waals surface area contributed by atoms with Crippen LogP contribution in [0, 0.1) is 11.8 Å². The van der Waals surface area contributed by atoms with Gasteiger partial charge in [0.1, 0.15) is 6.10 Å². The molecule has 0 spiro atoms. The summed E-state index contributed by atoms with van der Waals surface area (Å²) in [4.78, 5) is 24.1. The summed E-state index contributed by atoms with van der Waals surface area (Å²) in [6.45, 7) is 13.4. The Morgan fingerprint density at radius 3 is 2.23 bits per heavy atom. The molecule has 1 unspecified atom stereocenters. The zero-order chi connectivity index (χ0) is 28.9. The first kappa shape index (κ1) is 33.7. The maximum atomic E-state index is 12.5. The quantitative estimate of drug-likeness (QED) is 0.104. The minimum Gasteiger partial charge on any atom is -0.475 e. The Labute approximate surface area is 239 Å². The highest BCUT2D eigenvalue weighted by Gasteiger charge is 2.42. The molecule has 1 aromatic carbocycles. The second-order valence-corrected chi connectivity index (χ2v) is 18.0.